The minimum atomic E-state index is -1.25. The van der Waals surface area contributed by atoms with Crippen LogP contribution in [-0.2, 0) is 41.6 Å². The maximum Gasteiger partial charge on any atom is 0.408 e. The lowest BCUT2D eigenvalue weighted by Gasteiger charge is -2.23. The highest BCUT2D eigenvalue weighted by Crippen LogP contribution is 2.14. The Morgan fingerprint density at radius 3 is 1.92 bits per heavy atom. The van der Waals surface area contributed by atoms with E-state index in [0.29, 0.717) is 10.6 Å². The zero-order valence-corrected chi connectivity index (χ0v) is 19.6. The molecule has 1 saturated heterocycles. The number of imide groups is 1. The van der Waals surface area contributed by atoms with Crippen molar-refractivity contribution in [3.05, 3.63) is 84.4 Å². The van der Waals surface area contributed by atoms with E-state index in [0.717, 1.165) is 5.56 Å². The van der Waals surface area contributed by atoms with Gasteiger partial charge in [0.25, 0.3) is 11.8 Å². The van der Waals surface area contributed by atoms with Gasteiger partial charge in [-0.1, -0.05) is 73.3 Å². The van der Waals surface area contributed by atoms with Gasteiger partial charge < -0.3 is 20.2 Å². The molecule has 2 aromatic carbocycles. The summed E-state index contributed by atoms with van der Waals surface area (Å²) < 4.78 is 4.95. The lowest BCUT2D eigenvalue weighted by molar-refractivity contribution is -0.199. The fourth-order valence-electron chi connectivity index (χ4n) is 3.50. The molecular formula is C26H27N3O7. The van der Waals surface area contributed by atoms with E-state index in [9.17, 15) is 24.0 Å². The van der Waals surface area contributed by atoms with Gasteiger partial charge in [0, 0.05) is 25.7 Å². The summed E-state index contributed by atoms with van der Waals surface area (Å²) >= 11 is 0. The van der Waals surface area contributed by atoms with Crippen molar-refractivity contribution < 1.29 is 33.5 Å². The average molecular weight is 494 g/mol. The van der Waals surface area contributed by atoms with Crippen LogP contribution in [0.25, 0.3) is 0 Å². The van der Waals surface area contributed by atoms with Gasteiger partial charge >= 0.3 is 12.1 Å². The fraction of sp³-hybridized carbons (Fsp3) is 0.269. The standard InChI is InChI=1S/C26H27N3O7/c1-2-15-35-26(34)28-20(16-18-9-5-3-6-10-18)24(32)27-21(17-19-11-7-4-8-12-19)25(33)36-29-22(30)13-14-23(29)31/h2-12,20-21H,1,13-17H2,(H,27,32)(H,28,34). The smallest absolute Gasteiger partial charge is 0.408 e. The monoisotopic (exact) mass is 493 g/mol. The molecular weight excluding hydrogens is 466 g/mol. The normalized spacial score (nSPS) is 14.5. The number of alkyl carbamates (subject to hydrolysis) is 1. The van der Waals surface area contributed by atoms with Crippen LogP contribution in [0.2, 0.25) is 0 Å². The molecule has 0 aliphatic carbocycles. The number of amides is 4. The molecule has 1 heterocycles. The van der Waals surface area contributed by atoms with Crippen LogP contribution in [0.1, 0.15) is 24.0 Å². The van der Waals surface area contributed by atoms with E-state index in [1.54, 1.807) is 54.6 Å². The molecule has 1 fully saturated rings. The fourth-order valence-corrected chi connectivity index (χ4v) is 3.50. The Bertz CT molecular complexity index is 1090. The van der Waals surface area contributed by atoms with Crippen LogP contribution < -0.4 is 10.6 Å². The molecule has 2 unspecified atom stereocenters. The Balaban J connectivity index is 1.79. The quantitative estimate of drug-likeness (QED) is 0.361. The predicted molar refractivity (Wildman–Crippen MR) is 128 cm³/mol. The van der Waals surface area contributed by atoms with Crippen LogP contribution in [0.15, 0.2) is 73.3 Å². The van der Waals surface area contributed by atoms with E-state index >= 15 is 0 Å². The Morgan fingerprint density at radius 2 is 1.39 bits per heavy atom. The highest BCUT2D eigenvalue weighted by molar-refractivity contribution is 6.02. The van der Waals surface area contributed by atoms with Gasteiger partial charge in [0.15, 0.2) is 0 Å². The minimum absolute atomic E-state index is 0.0284. The summed E-state index contributed by atoms with van der Waals surface area (Å²) in [7, 11) is 0. The van der Waals surface area contributed by atoms with Crippen LogP contribution in [-0.4, -0.2) is 53.5 Å². The highest BCUT2D eigenvalue weighted by Gasteiger charge is 2.36. The second-order valence-corrected chi connectivity index (χ2v) is 8.02. The molecule has 4 amide bonds. The SMILES string of the molecule is C=CCOC(=O)NC(Cc1ccccc1)C(=O)NC(Cc1ccccc1)C(=O)ON1C(=O)CCC1=O. The van der Waals surface area contributed by atoms with Crippen LogP contribution in [0.5, 0.6) is 0 Å². The molecule has 188 valence electrons. The average Bonchev–Trinajstić information content (AvgIpc) is 3.20. The van der Waals surface area contributed by atoms with Gasteiger partial charge in [-0.15, -0.1) is 5.06 Å². The number of hydrogen-bond acceptors (Lipinski definition) is 7. The van der Waals surface area contributed by atoms with Gasteiger partial charge in [0.1, 0.15) is 18.7 Å². The zero-order chi connectivity index (χ0) is 25.9. The Hall–Kier alpha value is -4.47. The van der Waals surface area contributed by atoms with Crippen LogP contribution in [0.3, 0.4) is 0 Å². The van der Waals surface area contributed by atoms with E-state index in [2.05, 4.69) is 17.2 Å². The Kier molecular flexibility index (Phi) is 9.33. The van der Waals surface area contributed by atoms with Gasteiger partial charge in [-0.3, -0.25) is 14.4 Å². The molecule has 10 nitrogen and oxygen atoms in total. The highest BCUT2D eigenvalue weighted by atomic mass is 16.7. The molecule has 36 heavy (non-hydrogen) atoms. The zero-order valence-electron chi connectivity index (χ0n) is 19.6. The number of nitrogens with one attached hydrogen (secondary N) is 2. The maximum atomic E-state index is 13.3. The molecule has 2 atom stereocenters. The molecule has 0 aromatic heterocycles. The summed E-state index contributed by atoms with van der Waals surface area (Å²) in [5, 5.41) is 5.53. The van der Waals surface area contributed by atoms with E-state index in [4.69, 9.17) is 9.57 Å². The molecule has 0 spiro atoms. The van der Waals surface area contributed by atoms with Crippen LogP contribution in [0, 0.1) is 0 Å². The number of rotatable bonds is 11. The first-order chi connectivity index (χ1) is 17.4. The van der Waals surface area contributed by atoms with E-state index in [1.165, 1.54) is 6.08 Å². The molecule has 0 saturated carbocycles. The number of benzene rings is 2. The van der Waals surface area contributed by atoms with Crippen molar-refractivity contribution in [2.24, 2.45) is 0 Å². The molecule has 3 rings (SSSR count). The first-order valence-electron chi connectivity index (χ1n) is 11.4. The van der Waals surface area contributed by atoms with Crippen molar-refractivity contribution in [2.75, 3.05) is 6.61 Å². The molecule has 0 bridgehead atoms. The number of carbonyl (C=O) groups is 5. The molecule has 0 radical (unpaired) electrons. The van der Waals surface area contributed by atoms with E-state index < -0.39 is 41.9 Å². The summed E-state index contributed by atoms with van der Waals surface area (Å²) in [6.45, 7) is 3.43. The third kappa shape index (κ3) is 7.52. The second kappa shape index (κ2) is 12.8. The summed E-state index contributed by atoms with van der Waals surface area (Å²) in [5.74, 6) is -2.92. The number of hydrogen-bond donors (Lipinski definition) is 2. The number of hydroxylamine groups is 2. The van der Waals surface area contributed by atoms with E-state index in [1.807, 2.05) is 6.07 Å². The van der Waals surface area contributed by atoms with Crippen molar-refractivity contribution in [3.8, 4) is 0 Å². The Labute approximate surface area is 208 Å². The van der Waals surface area contributed by atoms with Gasteiger partial charge in [0.2, 0.25) is 5.91 Å². The summed E-state index contributed by atoms with van der Waals surface area (Å²) in [4.78, 5) is 67.3. The van der Waals surface area contributed by atoms with Crippen molar-refractivity contribution in [1.82, 2.24) is 15.7 Å². The minimum Gasteiger partial charge on any atom is -0.445 e. The number of carbonyl (C=O) groups excluding carboxylic acids is 5. The lowest BCUT2D eigenvalue weighted by atomic mass is 10.0. The van der Waals surface area contributed by atoms with Crippen molar-refractivity contribution >= 4 is 29.8 Å². The Morgan fingerprint density at radius 1 is 0.861 bits per heavy atom. The topological polar surface area (TPSA) is 131 Å². The van der Waals surface area contributed by atoms with Crippen LogP contribution in [0.4, 0.5) is 4.79 Å². The summed E-state index contributed by atoms with van der Waals surface area (Å²) in [6, 6.07) is 15.5. The number of nitrogens with zero attached hydrogens (tertiary/aromatic N) is 1. The summed E-state index contributed by atoms with van der Waals surface area (Å²) in [6.07, 6.45) is 0.585. The van der Waals surface area contributed by atoms with Gasteiger partial charge in [-0.05, 0) is 11.1 Å². The van der Waals surface area contributed by atoms with Crippen LogP contribution >= 0.6 is 0 Å². The summed E-state index contributed by atoms with van der Waals surface area (Å²) in [5.41, 5.74) is 1.47. The van der Waals surface area contributed by atoms with Gasteiger partial charge in [-0.2, -0.15) is 0 Å². The molecule has 2 N–H and O–H groups in total. The van der Waals surface area contributed by atoms with Crippen molar-refractivity contribution in [2.45, 2.75) is 37.8 Å². The van der Waals surface area contributed by atoms with Crippen molar-refractivity contribution in [3.63, 3.8) is 0 Å². The van der Waals surface area contributed by atoms with Gasteiger partial charge in [-0.25, -0.2) is 9.59 Å². The molecule has 2 aromatic rings. The first kappa shape index (κ1) is 26.1. The molecule has 1 aliphatic rings. The maximum absolute atomic E-state index is 13.3. The third-order valence-electron chi connectivity index (χ3n) is 5.29. The van der Waals surface area contributed by atoms with E-state index in [-0.39, 0.29) is 32.3 Å². The molecule has 1 aliphatic heterocycles. The first-order valence-corrected chi connectivity index (χ1v) is 11.4. The second-order valence-electron chi connectivity index (χ2n) is 8.02. The predicted octanol–water partition coefficient (Wildman–Crippen LogP) is 1.84. The molecule has 10 heteroatoms. The lowest BCUT2D eigenvalue weighted by Crippen LogP contribution is -2.54. The van der Waals surface area contributed by atoms with Crippen molar-refractivity contribution in [1.29, 1.82) is 0 Å². The number of ether oxygens (including phenoxy) is 1. The largest absolute Gasteiger partial charge is 0.445 e. The van der Waals surface area contributed by atoms with Gasteiger partial charge in [0.05, 0.1) is 0 Å². The third-order valence-corrected chi connectivity index (χ3v) is 5.29.